The molecule has 0 spiro atoms. The molecule has 1 N–H and O–H groups in total. The van der Waals surface area contributed by atoms with Gasteiger partial charge >= 0.3 is 5.97 Å². The molecule has 0 fully saturated rings. The first kappa shape index (κ1) is 25.3. The fraction of sp³-hybridized carbons (Fsp3) is 0.444. The minimum absolute atomic E-state index is 0.0641. The van der Waals surface area contributed by atoms with Crippen molar-refractivity contribution in [1.82, 2.24) is 15.0 Å². The normalized spacial score (nSPS) is 12.6. The van der Waals surface area contributed by atoms with Gasteiger partial charge < -0.3 is 14.6 Å². The summed E-state index contributed by atoms with van der Waals surface area (Å²) in [5.41, 5.74) is 3.34. The van der Waals surface area contributed by atoms with Crippen LogP contribution in [0.3, 0.4) is 0 Å². The maximum absolute atomic E-state index is 12.1. The van der Waals surface area contributed by atoms with E-state index in [4.69, 9.17) is 14.6 Å². The first-order valence-corrected chi connectivity index (χ1v) is 11.3. The smallest absolute Gasteiger partial charge is 0.336 e. The SMILES string of the molecule is C=C(C)C(=O)OC(C)(C)Oc1cc(-n2nc3cccc(C(C)(C)C)c3n2)c(O)c(C(C)(C)C)c1. The molecule has 0 unspecified atom stereocenters. The van der Waals surface area contributed by atoms with Crippen molar-refractivity contribution in [1.29, 1.82) is 0 Å². The van der Waals surface area contributed by atoms with Gasteiger partial charge in [0.2, 0.25) is 5.79 Å². The van der Waals surface area contributed by atoms with E-state index in [2.05, 4.69) is 32.4 Å². The average Bonchev–Trinajstić information content (AvgIpc) is 3.10. The summed E-state index contributed by atoms with van der Waals surface area (Å²) in [6.07, 6.45) is 0. The molecule has 34 heavy (non-hydrogen) atoms. The molecule has 0 aliphatic carbocycles. The van der Waals surface area contributed by atoms with Crippen molar-refractivity contribution < 1.29 is 19.4 Å². The van der Waals surface area contributed by atoms with Gasteiger partial charge in [0, 0.05) is 31.1 Å². The highest BCUT2D eigenvalue weighted by molar-refractivity contribution is 5.87. The molecule has 3 rings (SSSR count). The van der Waals surface area contributed by atoms with Crippen LogP contribution in [0.4, 0.5) is 0 Å². The zero-order valence-electron chi connectivity index (χ0n) is 21.6. The zero-order valence-corrected chi connectivity index (χ0v) is 21.6. The number of esters is 1. The third-order valence-corrected chi connectivity index (χ3v) is 5.36. The van der Waals surface area contributed by atoms with Gasteiger partial charge in [-0.05, 0) is 35.4 Å². The lowest BCUT2D eigenvalue weighted by molar-refractivity contribution is -0.181. The van der Waals surface area contributed by atoms with E-state index in [0.29, 0.717) is 17.0 Å². The van der Waals surface area contributed by atoms with Crippen molar-refractivity contribution in [2.75, 3.05) is 0 Å². The van der Waals surface area contributed by atoms with Gasteiger partial charge in [-0.3, -0.25) is 0 Å². The molecule has 0 saturated carbocycles. The number of aromatic hydroxyl groups is 1. The van der Waals surface area contributed by atoms with E-state index in [9.17, 15) is 9.90 Å². The third kappa shape index (κ3) is 5.24. The first-order valence-electron chi connectivity index (χ1n) is 11.3. The Labute approximate surface area is 201 Å². The summed E-state index contributed by atoms with van der Waals surface area (Å²) in [5.74, 6) is -1.33. The maximum atomic E-state index is 12.1. The summed E-state index contributed by atoms with van der Waals surface area (Å²) in [6, 6.07) is 9.30. The highest BCUT2D eigenvalue weighted by Gasteiger charge is 2.29. The highest BCUT2D eigenvalue weighted by Crippen LogP contribution is 2.40. The Kier molecular flexibility index (Phi) is 6.29. The van der Waals surface area contributed by atoms with Crippen LogP contribution in [-0.2, 0) is 20.4 Å². The number of hydrogen-bond donors (Lipinski definition) is 1. The first-order chi connectivity index (χ1) is 15.5. The number of rotatable bonds is 5. The van der Waals surface area contributed by atoms with Crippen molar-refractivity contribution in [3.63, 3.8) is 0 Å². The van der Waals surface area contributed by atoms with Crippen molar-refractivity contribution in [3.05, 3.63) is 53.6 Å². The van der Waals surface area contributed by atoms with Gasteiger partial charge in [0.1, 0.15) is 28.2 Å². The summed E-state index contributed by atoms with van der Waals surface area (Å²) < 4.78 is 11.5. The molecule has 1 heterocycles. The number of nitrogens with zero attached hydrogens (tertiary/aromatic N) is 3. The molecule has 0 atom stereocenters. The minimum Gasteiger partial charge on any atom is -0.505 e. The van der Waals surface area contributed by atoms with Crippen LogP contribution in [0.15, 0.2) is 42.5 Å². The molecule has 3 aromatic rings. The van der Waals surface area contributed by atoms with Crippen LogP contribution in [0.2, 0.25) is 0 Å². The van der Waals surface area contributed by atoms with Gasteiger partial charge in [0.05, 0.1) is 0 Å². The summed E-state index contributed by atoms with van der Waals surface area (Å²) in [7, 11) is 0. The highest BCUT2D eigenvalue weighted by atomic mass is 16.7. The summed E-state index contributed by atoms with van der Waals surface area (Å²) in [5, 5.41) is 20.6. The van der Waals surface area contributed by atoms with E-state index in [1.807, 2.05) is 39.0 Å². The zero-order chi connectivity index (χ0) is 25.6. The number of fused-ring (bicyclic) bond motifs is 1. The Bertz CT molecular complexity index is 1260. The van der Waals surface area contributed by atoms with Crippen LogP contribution >= 0.6 is 0 Å². The Morgan fingerprint density at radius 1 is 0.971 bits per heavy atom. The molecule has 2 aromatic carbocycles. The van der Waals surface area contributed by atoms with Gasteiger partial charge in [0.25, 0.3) is 0 Å². The Morgan fingerprint density at radius 3 is 2.15 bits per heavy atom. The van der Waals surface area contributed by atoms with E-state index in [0.717, 1.165) is 16.6 Å². The van der Waals surface area contributed by atoms with Crippen molar-refractivity contribution in [3.8, 4) is 17.2 Å². The number of aromatic nitrogens is 3. The number of benzene rings is 2. The predicted octanol–water partition coefficient (Wildman–Crippen LogP) is 5.96. The Morgan fingerprint density at radius 2 is 1.59 bits per heavy atom. The molecule has 0 saturated heterocycles. The molecular formula is C27H35N3O4. The van der Waals surface area contributed by atoms with E-state index in [1.165, 1.54) is 4.80 Å². The number of carbonyl (C=O) groups excluding carboxylic acids is 1. The largest absolute Gasteiger partial charge is 0.505 e. The van der Waals surface area contributed by atoms with Crippen LogP contribution in [0.5, 0.6) is 11.5 Å². The molecular weight excluding hydrogens is 430 g/mol. The average molecular weight is 466 g/mol. The van der Waals surface area contributed by atoms with E-state index >= 15 is 0 Å². The molecule has 0 radical (unpaired) electrons. The number of carbonyl (C=O) groups is 1. The van der Waals surface area contributed by atoms with Gasteiger partial charge in [0.15, 0.2) is 0 Å². The second kappa shape index (κ2) is 8.46. The second-order valence-corrected chi connectivity index (χ2v) is 11.2. The lowest BCUT2D eigenvalue weighted by Gasteiger charge is -2.28. The van der Waals surface area contributed by atoms with Crippen LogP contribution in [0, 0.1) is 0 Å². The van der Waals surface area contributed by atoms with E-state index in [-0.39, 0.29) is 16.7 Å². The van der Waals surface area contributed by atoms with Crippen LogP contribution in [-0.4, -0.2) is 31.9 Å². The van der Waals surface area contributed by atoms with E-state index in [1.54, 1.807) is 32.9 Å². The summed E-state index contributed by atoms with van der Waals surface area (Å²) >= 11 is 0. The molecule has 0 bridgehead atoms. The maximum Gasteiger partial charge on any atom is 0.336 e. The number of hydrogen-bond acceptors (Lipinski definition) is 6. The number of ether oxygens (including phenoxy) is 2. The van der Waals surface area contributed by atoms with Gasteiger partial charge in [-0.25, -0.2) is 4.79 Å². The number of phenolic OH excluding ortho intramolecular Hbond substituents is 1. The summed E-state index contributed by atoms with van der Waals surface area (Å²) in [6.45, 7) is 20.8. The fourth-order valence-corrected chi connectivity index (χ4v) is 3.64. The topological polar surface area (TPSA) is 86.5 Å². The van der Waals surface area contributed by atoms with Gasteiger partial charge in [-0.1, -0.05) is 60.3 Å². The summed E-state index contributed by atoms with van der Waals surface area (Å²) in [4.78, 5) is 13.5. The quantitative estimate of drug-likeness (QED) is 0.284. The molecule has 0 aliphatic heterocycles. The molecule has 0 amide bonds. The monoisotopic (exact) mass is 465 g/mol. The van der Waals surface area contributed by atoms with Crippen molar-refractivity contribution in [2.24, 2.45) is 0 Å². The Balaban J connectivity index is 2.16. The van der Waals surface area contributed by atoms with E-state index < -0.39 is 17.2 Å². The minimum atomic E-state index is -1.26. The predicted molar refractivity (Wildman–Crippen MR) is 134 cm³/mol. The molecule has 1 aromatic heterocycles. The lowest BCUT2D eigenvalue weighted by atomic mass is 9.86. The van der Waals surface area contributed by atoms with Crippen molar-refractivity contribution >= 4 is 17.0 Å². The standard InChI is InChI=1S/C27H35N3O4/c1-16(2)24(32)34-27(9,10)33-17-14-19(26(6,7)8)23(31)21(15-17)30-28-20-13-11-12-18(22(20)29-30)25(3,4)5/h11-15,31H,1H2,2-10H3. The van der Waals surface area contributed by atoms with Crippen molar-refractivity contribution in [2.45, 2.75) is 78.9 Å². The molecule has 7 heteroatoms. The fourth-order valence-electron chi connectivity index (χ4n) is 3.64. The molecule has 0 aliphatic rings. The third-order valence-electron chi connectivity index (χ3n) is 5.36. The second-order valence-electron chi connectivity index (χ2n) is 11.2. The lowest BCUT2D eigenvalue weighted by Crippen LogP contribution is -2.35. The van der Waals surface area contributed by atoms with Crippen LogP contribution in [0.25, 0.3) is 16.7 Å². The van der Waals surface area contributed by atoms with Crippen LogP contribution in [0.1, 0.15) is 73.4 Å². The number of phenols is 1. The van der Waals surface area contributed by atoms with Gasteiger partial charge in [-0.15, -0.1) is 15.0 Å². The Hall–Kier alpha value is -3.35. The van der Waals surface area contributed by atoms with Gasteiger partial charge in [-0.2, -0.15) is 0 Å². The molecule has 7 nitrogen and oxygen atoms in total. The van der Waals surface area contributed by atoms with Crippen LogP contribution < -0.4 is 4.74 Å². The molecule has 182 valence electrons.